The molecular weight excluding hydrogens is 277 g/mol. The van der Waals surface area contributed by atoms with Gasteiger partial charge in [-0.2, -0.15) is 0 Å². The molecule has 0 heterocycles. The van der Waals surface area contributed by atoms with Crippen LogP contribution in [-0.4, -0.2) is 5.91 Å². The highest BCUT2D eigenvalue weighted by molar-refractivity contribution is 6.30. The van der Waals surface area contributed by atoms with Gasteiger partial charge in [-0.25, -0.2) is 4.39 Å². The van der Waals surface area contributed by atoms with E-state index in [0.29, 0.717) is 5.02 Å². The normalized spacial score (nSPS) is 23.1. The van der Waals surface area contributed by atoms with Crippen LogP contribution in [0.25, 0.3) is 0 Å². The topological polar surface area (TPSA) is 29.1 Å². The van der Waals surface area contributed by atoms with E-state index in [4.69, 9.17) is 11.6 Å². The second-order valence-electron chi connectivity index (χ2n) is 6.18. The number of anilines is 1. The van der Waals surface area contributed by atoms with Gasteiger partial charge in [0, 0.05) is 5.02 Å². The maximum absolute atomic E-state index is 13.6. The number of nitrogens with one attached hydrogen (secondary N) is 1. The van der Waals surface area contributed by atoms with Gasteiger partial charge in [0.1, 0.15) is 5.82 Å². The first-order chi connectivity index (χ1) is 9.23. The first-order valence-electron chi connectivity index (χ1n) is 6.64. The minimum atomic E-state index is -0.472. The molecule has 0 saturated heterocycles. The first-order valence-corrected chi connectivity index (χ1v) is 7.02. The van der Waals surface area contributed by atoms with Crippen LogP contribution in [0, 0.1) is 23.1 Å². The Kier molecular flexibility index (Phi) is 3.92. The fourth-order valence-electron chi connectivity index (χ4n) is 2.65. The standard InChI is InChI=1S/C16H19ClFNO/c1-9(2)7-11-14(16(11,3)4)15(20)19-13-8-10(17)5-6-12(13)18/h5-8,11,14H,1-4H3,(H,19,20). The second kappa shape index (κ2) is 5.21. The van der Waals surface area contributed by atoms with Gasteiger partial charge in [0.25, 0.3) is 0 Å². The van der Waals surface area contributed by atoms with Gasteiger partial charge in [-0.3, -0.25) is 4.79 Å². The van der Waals surface area contributed by atoms with E-state index < -0.39 is 5.82 Å². The summed E-state index contributed by atoms with van der Waals surface area (Å²) in [5.74, 6) is -0.552. The molecule has 4 heteroatoms. The van der Waals surface area contributed by atoms with Crippen LogP contribution in [-0.2, 0) is 4.79 Å². The number of rotatable bonds is 3. The molecule has 0 aromatic heterocycles. The van der Waals surface area contributed by atoms with E-state index in [1.54, 1.807) is 0 Å². The van der Waals surface area contributed by atoms with Crippen molar-refractivity contribution < 1.29 is 9.18 Å². The van der Waals surface area contributed by atoms with E-state index in [9.17, 15) is 9.18 Å². The monoisotopic (exact) mass is 295 g/mol. The van der Waals surface area contributed by atoms with Crippen molar-refractivity contribution in [2.45, 2.75) is 27.7 Å². The third-order valence-corrected chi connectivity index (χ3v) is 4.13. The van der Waals surface area contributed by atoms with Crippen molar-refractivity contribution >= 4 is 23.2 Å². The molecule has 108 valence electrons. The SMILES string of the molecule is CC(C)=CC1C(C(=O)Nc2cc(Cl)ccc2F)C1(C)C. The molecule has 20 heavy (non-hydrogen) atoms. The van der Waals surface area contributed by atoms with Crippen LogP contribution in [0.2, 0.25) is 5.02 Å². The first kappa shape index (κ1) is 15.0. The van der Waals surface area contributed by atoms with Crippen LogP contribution in [0.1, 0.15) is 27.7 Å². The van der Waals surface area contributed by atoms with Gasteiger partial charge in [0.05, 0.1) is 11.6 Å². The zero-order valence-corrected chi connectivity index (χ0v) is 12.9. The minimum Gasteiger partial charge on any atom is -0.323 e. The zero-order chi connectivity index (χ0) is 15.1. The number of allylic oxidation sites excluding steroid dienone is 2. The molecule has 0 radical (unpaired) electrons. The van der Waals surface area contributed by atoms with Crippen molar-refractivity contribution in [1.82, 2.24) is 0 Å². The summed E-state index contributed by atoms with van der Waals surface area (Å²) in [6, 6.07) is 4.14. The Morgan fingerprint density at radius 2 is 2.05 bits per heavy atom. The van der Waals surface area contributed by atoms with E-state index >= 15 is 0 Å². The molecule has 2 unspecified atom stereocenters. The number of carbonyl (C=O) groups excluding carboxylic acids is 1. The number of halogens is 2. The van der Waals surface area contributed by atoms with E-state index in [-0.39, 0.29) is 28.8 Å². The fraction of sp³-hybridized carbons (Fsp3) is 0.438. The Morgan fingerprint density at radius 1 is 1.40 bits per heavy atom. The average Bonchev–Trinajstić information content (AvgIpc) is 2.84. The van der Waals surface area contributed by atoms with E-state index in [1.165, 1.54) is 23.8 Å². The maximum Gasteiger partial charge on any atom is 0.228 e. The van der Waals surface area contributed by atoms with Crippen LogP contribution < -0.4 is 5.32 Å². The molecule has 1 aromatic rings. The smallest absolute Gasteiger partial charge is 0.228 e. The highest BCUT2D eigenvalue weighted by Crippen LogP contribution is 2.59. The minimum absolute atomic E-state index is 0.0869. The molecule has 1 aliphatic carbocycles. The Bertz CT molecular complexity index is 576. The van der Waals surface area contributed by atoms with Gasteiger partial charge in [-0.05, 0) is 43.4 Å². The van der Waals surface area contributed by atoms with Gasteiger partial charge in [0.2, 0.25) is 5.91 Å². The molecular formula is C16H19ClFNO. The lowest BCUT2D eigenvalue weighted by molar-refractivity contribution is -0.118. The van der Waals surface area contributed by atoms with Gasteiger partial charge in [-0.1, -0.05) is 37.1 Å². The van der Waals surface area contributed by atoms with Crippen LogP contribution in [0.4, 0.5) is 10.1 Å². The molecule has 2 rings (SSSR count). The lowest BCUT2D eigenvalue weighted by Gasteiger charge is -2.07. The number of benzene rings is 1. The van der Waals surface area contributed by atoms with Crippen LogP contribution in [0.5, 0.6) is 0 Å². The van der Waals surface area contributed by atoms with Crippen molar-refractivity contribution in [3.63, 3.8) is 0 Å². The fourth-order valence-corrected chi connectivity index (χ4v) is 2.82. The van der Waals surface area contributed by atoms with Crippen molar-refractivity contribution in [2.24, 2.45) is 17.3 Å². The van der Waals surface area contributed by atoms with E-state index in [2.05, 4.69) is 25.2 Å². The molecule has 1 aromatic carbocycles. The summed E-state index contributed by atoms with van der Waals surface area (Å²) in [6.07, 6.45) is 2.11. The summed E-state index contributed by atoms with van der Waals surface area (Å²) >= 11 is 5.82. The molecule has 1 N–H and O–H groups in total. The lowest BCUT2D eigenvalue weighted by Crippen LogP contribution is -2.17. The predicted molar refractivity (Wildman–Crippen MR) is 80.2 cm³/mol. The quantitative estimate of drug-likeness (QED) is 0.808. The molecule has 0 bridgehead atoms. The largest absolute Gasteiger partial charge is 0.323 e. The van der Waals surface area contributed by atoms with Crippen molar-refractivity contribution in [3.8, 4) is 0 Å². The van der Waals surface area contributed by atoms with Gasteiger partial charge in [-0.15, -0.1) is 0 Å². The second-order valence-corrected chi connectivity index (χ2v) is 6.62. The van der Waals surface area contributed by atoms with Crippen LogP contribution in [0.15, 0.2) is 29.8 Å². The summed E-state index contributed by atoms with van der Waals surface area (Å²) in [7, 11) is 0. The molecule has 1 saturated carbocycles. The van der Waals surface area contributed by atoms with Crippen molar-refractivity contribution in [3.05, 3.63) is 40.7 Å². The maximum atomic E-state index is 13.6. The summed E-state index contributed by atoms with van der Waals surface area (Å²) in [4.78, 5) is 12.3. The number of amides is 1. The van der Waals surface area contributed by atoms with Crippen molar-refractivity contribution in [1.29, 1.82) is 0 Å². The highest BCUT2D eigenvalue weighted by atomic mass is 35.5. The molecule has 0 aliphatic heterocycles. The predicted octanol–water partition coefficient (Wildman–Crippen LogP) is 4.66. The number of carbonyl (C=O) groups is 1. The third-order valence-electron chi connectivity index (χ3n) is 3.89. The summed E-state index contributed by atoms with van der Waals surface area (Å²) in [5, 5.41) is 3.04. The Labute approximate surface area is 124 Å². The lowest BCUT2D eigenvalue weighted by atomic mass is 10.1. The van der Waals surface area contributed by atoms with Crippen LogP contribution in [0.3, 0.4) is 0 Å². The summed E-state index contributed by atoms with van der Waals surface area (Å²) < 4.78 is 13.6. The molecule has 2 nitrogen and oxygen atoms in total. The van der Waals surface area contributed by atoms with Gasteiger partial charge < -0.3 is 5.32 Å². The van der Waals surface area contributed by atoms with E-state index in [0.717, 1.165) is 0 Å². The van der Waals surface area contributed by atoms with Gasteiger partial charge in [0.15, 0.2) is 0 Å². The summed E-state index contributed by atoms with van der Waals surface area (Å²) in [6.45, 7) is 8.13. The Morgan fingerprint density at radius 3 is 2.65 bits per heavy atom. The van der Waals surface area contributed by atoms with Gasteiger partial charge >= 0.3 is 0 Å². The summed E-state index contributed by atoms with van der Waals surface area (Å²) in [5.41, 5.74) is 1.24. The van der Waals surface area contributed by atoms with Crippen LogP contribution >= 0.6 is 11.6 Å². The van der Waals surface area contributed by atoms with Crippen molar-refractivity contribution in [2.75, 3.05) is 5.32 Å². The van der Waals surface area contributed by atoms with E-state index in [1.807, 2.05) is 13.8 Å². The number of hydrogen-bond donors (Lipinski definition) is 1. The third kappa shape index (κ3) is 2.88. The molecule has 0 spiro atoms. The Hall–Kier alpha value is -1.35. The molecule has 1 amide bonds. The average molecular weight is 296 g/mol. The molecule has 1 fully saturated rings. The zero-order valence-electron chi connectivity index (χ0n) is 12.1. The molecule has 2 atom stereocenters. The highest BCUT2D eigenvalue weighted by Gasteiger charge is 2.60. The Balaban J connectivity index is 2.14. The number of hydrogen-bond acceptors (Lipinski definition) is 1. The molecule has 1 aliphatic rings.